The Balaban J connectivity index is 1.90. The number of nitrogens with one attached hydrogen (secondary N) is 1. The largest absolute Gasteiger partial charge is 0.393 e. The summed E-state index contributed by atoms with van der Waals surface area (Å²) in [5.74, 6) is 0.712. The smallest absolute Gasteiger partial charge is 0.252 e. The fourth-order valence-electron chi connectivity index (χ4n) is 2.57. The van der Waals surface area contributed by atoms with E-state index in [0.717, 1.165) is 30.6 Å². The number of aliphatic hydroxyl groups is 1. The lowest BCUT2D eigenvalue weighted by Gasteiger charge is -2.25. The molecule has 0 aromatic heterocycles. The Hall–Kier alpha value is -1.51. The molecule has 0 atom stereocenters. The molecule has 0 heterocycles. The zero-order chi connectivity index (χ0) is 15.1. The van der Waals surface area contributed by atoms with Gasteiger partial charge in [0.15, 0.2) is 0 Å². The Morgan fingerprint density at radius 1 is 1.33 bits per heavy atom. The summed E-state index contributed by atoms with van der Waals surface area (Å²) >= 11 is 1.38. The van der Waals surface area contributed by atoms with Gasteiger partial charge in [-0.3, -0.25) is 4.79 Å². The van der Waals surface area contributed by atoms with Crippen molar-refractivity contribution in [3.63, 3.8) is 0 Å². The highest BCUT2D eigenvalue weighted by atomic mass is 32.2. The SMILES string of the molecule is N#CCSc1ccccc1C(=O)NCC1CCC(O)CC1. The van der Waals surface area contributed by atoms with Crippen LogP contribution in [-0.2, 0) is 0 Å². The van der Waals surface area contributed by atoms with Crippen molar-refractivity contribution in [3.05, 3.63) is 29.8 Å². The summed E-state index contributed by atoms with van der Waals surface area (Å²) in [4.78, 5) is 13.1. The average Bonchev–Trinajstić information content (AvgIpc) is 2.52. The van der Waals surface area contributed by atoms with Gasteiger partial charge in [0.25, 0.3) is 5.91 Å². The van der Waals surface area contributed by atoms with Crippen molar-refractivity contribution in [2.24, 2.45) is 5.92 Å². The molecule has 5 heteroatoms. The second-order valence-electron chi connectivity index (χ2n) is 5.33. The lowest BCUT2D eigenvalue weighted by atomic mass is 9.87. The van der Waals surface area contributed by atoms with Gasteiger partial charge >= 0.3 is 0 Å². The van der Waals surface area contributed by atoms with Gasteiger partial charge in [0, 0.05) is 11.4 Å². The van der Waals surface area contributed by atoms with Gasteiger partial charge in [-0.1, -0.05) is 12.1 Å². The van der Waals surface area contributed by atoms with Crippen molar-refractivity contribution >= 4 is 17.7 Å². The van der Waals surface area contributed by atoms with Crippen LogP contribution in [0.4, 0.5) is 0 Å². The Morgan fingerprint density at radius 2 is 2.05 bits per heavy atom. The molecule has 0 radical (unpaired) electrons. The van der Waals surface area contributed by atoms with E-state index in [-0.39, 0.29) is 12.0 Å². The number of amides is 1. The zero-order valence-electron chi connectivity index (χ0n) is 11.9. The van der Waals surface area contributed by atoms with Crippen LogP contribution in [0.25, 0.3) is 0 Å². The normalized spacial score (nSPS) is 21.5. The first-order valence-corrected chi connectivity index (χ1v) is 8.24. The third kappa shape index (κ3) is 4.76. The summed E-state index contributed by atoms with van der Waals surface area (Å²) in [5.41, 5.74) is 0.633. The van der Waals surface area contributed by atoms with E-state index >= 15 is 0 Å². The number of rotatable bonds is 5. The van der Waals surface area contributed by atoms with E-state index < -0.39 is 0 Å². The number of carbonyl (C=O) groups excluding carboxylic acids is 1. The van der Waals surface area contributed by atoms with E-state index in [1.54, 1.807) is 6.07 Å². The minimum absolute atomic E-state index is 0.0813. The molecule has 2 N–H and O–H groups in total. The fraction of sp³-hybridized carbons (Fsp3) is 0.500. The van der Waals surface area contributed by atoms with Crippen molar-refractivity contribution < 1.29 is 9.90 Å². The van der Waals surface area contributed by atoms with Crippen LogP contribution in [0.3, 0.4) is 0 Å². The van der Waals surface area contributed by atoms with Gasteiger partial charge in [-0.15, -0.1) is 11.8 Å². The molecule has 1 aliphatic rings. The molecule has 1 saturated carbocycles. The number of nitrogens with zero attached hydrogens (tertiary/aromatic N) is 1. The molecule has 0 saturated heterocycles. The van der Waals surface area contributed by atoms with Crippen LogP contribution < -0.4 is 5.32 Å². The molecule has 21 heavy (non-hydrogen) atoms. The number of aliphatic hydroxyl groups excluding tert-OH is 1. The fourth-order valence-corrected chi connectivity index (χ4v) is 3.28. The van der Waals surface area contributed by atoms with Gasteiger partial charge in [-0.25, -0.2) is 0 Å². The lowest BCUT2D eigenvalue weighted by molar-refractivity contribution is 0.0907. The third-order valence-corrected chi connectivity index (χ3v) is 4.73. The van der Waals surface area contributed by atoms with Crippen LogP contribution >= 0.6 is 11.8 Å². The predicted octanol–water partition coefficient (Wildman–Crippen LogP) is 2.58. The molecule has 1 aromatic carbocycles. The average molecular weight is 304 g/mol. The number of carbonyl (C=O) groups is 1. The highest BCUT2D eigenvalue weighted by Crippen LogP contribution is 2.24. The molecule has 0 aliphatic heterocycles. The quantitative estimate of drug-likeness (QED) is 0.820. The standard InChI is InChI=1S/C16H20N2O2S/c17-9-10-21-15-4-2-1-3-14(15)16(20)18-11-12-5-7-13(19)8-6-12/h1-4,12-13,19H,5-8,10-11H2,(H,18,20). The van der Waals surface area contributed by atoms with Gasteiger partial charge in [0.2, 0.25) is 0 Å². The van der Waals surface area contributed by atoms with Crippen LogP contribution in [0.5, 0.6) is 0 Å². The van der Waals surface area contributed by atoms with Gasteiger partial charge in [0.05, 0.1) is 23.5 Å². The molecule has 0 bridgehead atoms. The maximum atomic E-state index is 12.3. The summed E-state index contributed by atoms with van der Waals surface area (Å²) in [6.07, 6.45) is 3.42. The first kappa shape index (κ1) is 15.9. The molecule has 112 valence electrons. The zero-order valence-corrected chi connectivity index (χ0v) is 12.7. The molecule has 1 aromatic rings. The Labute approximate surface area is 129 Å². The predicted molar refractivity (Wildman–Crippen MR) is 83.1 cm³/mol. The summed E-state index contributed by atoms with van der Waals surface area (Å²) in [7, 11) is 0. The highest BCUT2D eigenvalue weighted by Gasteiger charge is 2.20. The molecule has 2 rings (SSSR count). The summed E-state index contributed by atoms with van der Waals surface area (Å²) < 4.78 is 0. The van der Waals surface area contributed by atoms with Gasteiger partial charge in [-0.2, -0.15) is 5.26 Å². The maximum absolute atomic E-state index is 12.3. The van der Waals surface area contributed by atoms with Crippen LogP contribution in [0.15, 0.2) is 29.2 Å². The topological polar surface area (TPSA) is 73.1 Å². The van der Waals surface area contributed by atoms with E-state index in [2.05, 4.69) is 11.4 Å². The van der Waals surface area contributed by atoms with Crippen molar-refractivity contribution in [2.75, 3.05) is 12.3 Å². The van der Waals surface area contributed by atoms with E-state index in [9.17, 15) is 9.90 Å². The lowest BCUT2D eigenvalue weighted by Crippen LogP contribution is -2.32. The molecule has 0 spiro atoms. The number of thioether (sulfide) groups is 1. The second kappa shape index (κ2) is 8.06. The van der Waals surface area contributed by atoms with Crippen LogP contribution in [0, 0.1) is 17.2 Å². The summed E-state index contributed by atoms with van der Waals surface area (Å²) in [5, 5.41) is 21.1. The Bertz CT molecular complexity index is 519. The number of hydrogen-bond acceptors (Lipinski definition) is 4. The van der Waals surface area contributed by atoms with Crippen molar-refractivity contribution in [2.45, 2.75) is 36.7 Å². The van der Waals surface area contributed by atoms with Crippen LogP contribution in [-0.4, -0.2) is 29.4 Å². The van der Waals surface area contributed by atoms with E-state index in [0.29, 0.717) is 23.8 Å². The van der Waals surface area contributed by atoms with Gasteiger partial charge < -0.3 is 10.4 Å². The number of hydrogen-bond donors (Lipinski definition) is 2. The Kier molecular flexibility index (Phi) is 6.09. The van der Waals surface area contributed by atoms with Crippen LogP contribution in [0.1, 0.15) is 36.0 Å². The van der Waals surface area contributed by atoms with E-state index in [1.807, 2.05) is 18.2 Å². The minimum Gasteiger partial charge on any atom is -0.393 e. The molecule has 0 unspecified atom stereocenters. The van der Waals surface area contributed by atoms with Crippen molar-refractivity contribution in [3.8, 4) is 6.07 Å². The highest BCUT2D eigenvalue weighted by molar-refractivity contribution is 7.99. The van der Waals surface area contributed by atoms with Gasteiger partial charge in [-0.05, 0) is 43.7 Å². The van der Waals surface area contributed by atoms with Gasteiger partial charge in [0.1, 0.15) is 0 Å². The number of nitriles is 1. The van der Waals surface area contributed by atoms with Crippen molar-refractivity contribution in [1.29, 1.82) is 5.26 Å². The Morgan fingerprint density at radius 3 is 2.76 bits per heavy atom. The molecule has 1 aliphatic carbocycles. The maximum Gasteiger partial charge on any atom is 0.252 e. The summed E-state index contributed by atoms with van der Waals surface area (Å²) in [6, 6.07) is 9.45. The van der Waals surface area contributed by atoms with E-state index in [1.165, 1.54) is 11.8 Å². The second-order valence-corrected chi connectivity index (χ2v) is 6.34. The number of benzene rings is 1. The first-order valence-electron chi connectivity index (χ1n) is 7.25. The molecular weight excluding hydrogens is 284 g/mol. The van der Waals surface area contributed by atoms with E-state index in [4.69, 9.17) is 5.26 Å². The molecule has 4 nitrogen and oxygen atoms in total. The minimum atomic E-state index is -0.167. The third-order valence-electron chi connectivity index (χ3n) is 3.79. The van der Waals surface area contributed by atoms with Crippen molar-refractivity contribution in [1.82, 2.24) is 5.32 Å². The molecule has 1 fully saturated rings. The first-order chi connectivity index (χ1) is 10.2. The molecule has 1 amide bonds. The molecular formula is C16H20N2O2S. The monoisotopic (exact) mass is 304 g/mol. The van der Waals surface area contributed by atoms with Crippen LogP contribution in [0.2, 0.25) is 0 Å². The summed E-state index contributed by atoms with van der Waals surface area (Å²) in [6.45, 7) is 0.656.